The topological polar surface area (TPSA) is 0 Å². The summed E-state index contributed by atoms with van der Waals surface area (Å²) in [6.07, 6.45) is 1.40. The van der Waals surface area contributed by atoms with E-state index in [1.54, 1.807) is 0 Å². The van der Waals surface area contributed by atoms with Gasteiger partial charge in [0.1, 0.15) is 0 Å². The van der Waals surface area contributed by atoms with Crippen LogP contribution in [0, 0.1) is 70.0 Å². The highest BCUT2D eigenvalue weighted by molar-refractivity contribution is 5.26. The minimum Gasteiger partial charge on any atom is -0.0651 e. The molecule has 0 bridgehead atoms. The molecule has 4 saturated carbocycles. The maximum Gasteiger partial charge on any atom is -0.0230 e. The highest BCUT2D eigenvalue weighted by Crippen LogP contribution is 2.84. The van der Waals surface area contributed by atoms with Crippen LogP contribution >= 0.6 is 0 Å². The van der Waals surface area contributed by atoms with Crippen molar-refractivity contribution in [3.05, 3.63) is 0 Å². The Morgan fingerprint density at radius 1 is 0.857 bits per heavy atom. The van der Waals surface area contributed by atoms with Crippen LogP contribution in [0.5, 0.6) is 0 Å². The van der Waals surface area contributed by atoms with Crippen LogP contribution in [0.3, 0.4) is 0 Å². The molecule has 4 rings (SSSR count). The first-order valence-corrected chi connectivity index (χ1v) is 9.70. The lowest BCUT2D eigenvalue weighted by Crippen LogP contribution is -2.42. The Hall–Kier alpha value is 0. The van der Waals surface area contributed by atoms with Crippen LogP contribution in [0.15, 0.2) is 0 Å². The predicted octanol–water partition coefficient (Wildman–Crippen LogP) is 5.72. The van der Waals surface area contributed by atoms with Crippen LogP contribution in [0.25, 0.3) is 0 Å². The molecule has 11 atom stereocenters. The summed E-state index contributed by atoms with van der Waals surface area (Å²) in [6.45, 7) is 20.5. The normalized spacial score (nSPS) is 64.6. The summed E-state index contributed by atoms with van der Waals surface area (Å²) in [6, 6.07) is 0. The molecule has 0 aliphatic heterocycles. The van der Waals surface area contributed by atoms with Gasteiger partial charge in [-0.3, -0.25) is 0 Å². The van der Waals surface area contributed by atoms with E-state index in [4.69, 9.17) is 0 Å². The number of rotatable bonds is 4. The van der Waals surface area contributed by atoms with Crippen LogP contribution in [0.2, 0.25) is 0 Å². The average Bonchev–Trinajstić information content (AvgIpc) is 3.31. The molecule has 0 heterocycles. The molecule has 0 aromatic carbocycles. The first-order valence-electron chi connectivity index (χ1n) is 9.70. The van der Waals surface area contributed by atoms with Gasteiger partial charge in [-0.1, -0.05) is 61.8 Å². The number of fused-ring (bicyclic) bond motifs is 1. The van der Waals surface area contributed by atoms with E-state index >= 15 is 0 Å². The second-order valence-electron chi connectivity index (χ2n) is 10.3. The molecule has 0 nitrogen and oxygen atoms in total. The summed E-state index contributed by atoms with van der Waals surface area (Å²) in [7, 11) is 0. The molecule has 0 aromatic rings. The number of hydrogen-bond donors (Lipinski definition) is 0. The zero-order valence-electron chi connectivity index (χ0n) is 15.5. The molecule has 0 saturated heterocycles. The van der Waals surface area contributed by atoms with E-state index in [9.17, 15) is 0 Å². The van der Waals surface area contributed by atoms with Gasteiger partial charge in [-0.05, 0) is 70.0 Å². The zero-order chi connectivity index (χ0) is 15.5. The van der Waals surface area contributed by atoms with Crippen molar-refractivity contribution >= 4 is 0 Å². The molecule has 120 valence electrons. The molecular weight excluding hydrogens is 252 g/mol. The van der Waals surface area contributed by atoms with Crippen LogP contribution in [-0.2, 0) is 0 Å². The molecule has 0 spiro atoms. The average molecular weight is 289 g/mol. The highest BCUT2D eigenvalue weighted by atomic mass is 14.8. The van der Waals surface area contributed by atoms with Crippen molar-refractivity contribution in [3.8, 4) is 0 Å². The first kappa shape index (κ1) is 14.6. The van der Waals surface area contributed by atoms with Crippen LogP contribution in [0.4, 0.5) is 0 Å². The summed E-state index contributed by atoms with van der Waals surface area (Å²) in [5, 5.41) is 0. The Morgan fingerprint density at radius 3 is 1.90 bits per heavy atom. The predicted molar refractivity (Wildman–Crippen MR) is 89.8 cm³/mol. The Kier molecular flexibility index (Phi) is 2.71. The molecule has 4 fully saturated rings. The standard InChI is InChI=1S/C21H36/c1-9-14-10(2)16(14)20(6,7)18-12(4)19(18)21(8)13(5)15-11(3)17(15)21/h10-19H,9H2,1-8H3. The zero-order valence-corrected chi connectivity index (χ0v) is 15.5. The van der Waals surface area contributed by atoms with E-state index in [0.29, 0.717) is 10.8 Å². The van der Waals surface area contributed by atoms with Gasteiger partial charge in [0, 0.05) is 0 Å². The fraction of sp³-hybridized carbons (Fsp3) is 1.00. The van der Waals surface area contributed by atoms with Crippen molar-refractivity contribution in [1.29, 1.82) is 0 Å². The third-order valence-electron chi connectivity index (χ3n) is 9.57. The van der Waals surface area contributed by atoms with Crippen molar-refractivity contribution in [2.24, 2.45) is 70.0 Å². The van der Waals surface area contributed by atoms with Gasteiger partial charge in [-0.25, -0.2) is 0 Å². The van der Waals surface area contributed by atoms with Gasteiger partial charge in [0.2, 0.25) is 0 Å². The van der Waals surface area contributed by atoms with Gasteiger partial charge >= 0.3 is 0 Å². The molecule has 0 aromatic heterocycles. The second-order valence-corrected chi connectivity index (χ2v) is 10.3. The van der Waals surface area contributed by atoms with Crippen molar-refractivity contribution < 1.29 is 0 Å². The molecular formula is C21H36. The van der Waals surface area contributed by atoms with E-state index in [2.05, 4.69) is 55.4 Å². The monoisotopic (exact) mass is 288 g/mol. The molecule has 0 heteroatoms. The number of hydrogen-bond acceptors (Lipinski definition) is 0. The Labute approximate surface area is 132 Å². The highest BCUT2D eigenvalue weighted by Gasteiger charge is 2.79. The van der Waals surface area contributed by atoms with Gasteiger partial charge in [0.25, 0.3) is 0 Å². The second kappa shape index (κ2) is 3.90. The van der Waals surface area contributed by atoms with Gasteiger partial charge in [-0.15, -0.1) is 0 Å². The summed E-state index contributed by atoms with van der Waals surface area (Å²) >= 11 is 0. The summed E-state index contributed by atoms with van der Waals surface area (Å²) in [5.41, 5.74) is 1.27. The fourth-order valence-corrected chi connectivity index (χ4v) is 8.55. The quantitative estimate of drug-likeness (QED) is 0.620. The van der Waals surface area contributed by atoms with Gasteiger partial charge in [0.15, 0.2) is 0 Å². The lowest BCUT2D eigenvalue weighted by molar-refractivity contribution is 0.00187. The molecule has 21 heavy (non-hydrogen) atoms. The minimum absolute atomic E-state index is 0.579. The summed E-state index contributed by atoms with van der Waals surface area (Å²) in [4.78, 5) is 0. The molecule has 0 amide bonds. The molecule has 11 unspecified atom stereocenters. The molecule has 0 radical (unpaired) electrons. The molecule has 4 aliphatic rings. The van der Waals surface area contributed by atoms with Gasteiger partial charge in [0.05, 0.1) is 0 Å². The Morgan fingerprint density at radius 2 is 1.48 bits per heavy atom. The largest absolute Gasteiger partial charge is 0.0651 e. The summed E-state index contributed by atoms with van der Waals surface area (Å²) < 4.78 is 0. The van der Waals surface area contributed by atoms with E-state index in [-0.39, 0.29) is 0 Å². The minimum atomic E-state index is 0.579. The van der Waals surface area contributed by atoms with Crippen LogP contribution in [-0.4, -0.2) is 0 Å². The van der Waals surface area contributed by atoms with Crippen molar-refractivity contribution in [1.82, 2.24) is 0 Å². The third-order valence-corrected chi connectivity index (χ3v) is 9.57. The summed E-state index contributed by atoms with van der Waals surface area (Å²) in [5.74, 6) is 10.2. The van der Waals surface area contributed by atoms with Crippen molar-refractivity contribution in [3.63, 3.8) is 0 Å². The third kappa shape index (κ3) is 1.49. The SMILES string of the molecule is CCC1C(C)C1C(C)(C)C1C(C)C1C1(C)C(C)C2C(C)C21. The van der Waals surface area contributed by atoms with Crippen LogP contribution in [0.1, 0.15) is 61.8 Å². The Balaban J connectivity index is 1.53. The van der Waals surface area contributed by atoms with Crippen LogP contribution < -0.4 is 0 Å². The fourth-order valence-electron chi connectivity index (χ4n) is 8.55. The van der Waals surface area contributed by atoms with Crippen molar-refractivity contribution in [2.45, 2.75) is 61.8 Å². The van der Waals surface area contributed by atoms with Gasteiger partial charge < -0.3 is 0 Å². The van der Waals surface area contributed by atoms with E-state index in [0.717, 1.165) is 59.2 Å². The maximum absolute atomic E-state index is 2.66. The van der Waals surface area contributed by atoms with Crippen molar-refractivity contribution in [2.75, 3.05) is 0 Å². The molecule has 4 aliphatic carbocycles. The lowest BCUT2D eigenvalue weighted by Gasteiger charge is -2.47. The lowest BCUT2D eigenvalue weighted by atomic mass is 9.57. The Bertz CT molecular complexity index is 455. The smallest absolute Gasteiger partial charge is 0.0230 e. The van der Waals surface area contributed by atoms with Gasteiger partial charge in [-0.2, -0.15) is 0 Å². The van der Waals surface area contributed by atoms with E-state index < -0.39 is 0 Å². The van der Waals surface area contributed by atoms with E-state index in [1.807, 2.05) is 0 Å². The van der Waals surface area contributed by atoms with E-state index in [1.165, 1.54) is 6.42 Å². The first-order chi connectivity index (χ1) is 9.70. The molecule has 0 N–H and O–H groups in total. The maximum atomic E-state index is 2.66.